The molecular weight excluding hydrogens is 440 g/mol. The first-order valence-corrected chi connectivity index (χ1v) is 11.9. The molecule has 190 valence electrons. The number of amides is 2. The van der Waals surface area contributed by atoms with E-state index in [4.69, 9.17) is 24.7 Å². The highest BCUT2D eigenvalue weighted by Crippen LogP contribution is 2.43. The Labute approximate surface area is 201 Å². The summed E-state index contributed by atoms with van der Waals surface area (Å²) >= 11 is 0. The SMILES string of the molecule is COc1cc(C(=O)N[C@@H]2CCN(CCCC(=O)N3CCCC3)C[C@@H]2OC)c(N)c(OC)c1OC. The molecule has 2 amide bonds. The molecule has 34 heavy (non-hydrogen) atoms. The van der Waals surface area contributed by atoms with Gasteiger partial charge in [0.1, 0.15) is 0 Å². The molecular formula is C24H38N4O6. The molecule has 2 fully saturated rings. The fraction of sp³-hybridized carbons (Fsp3) is 0.667. The minimum absolute atomic E-state index is 0.168. The number of rotatable bonds is 10. The molecule has 2 atom stereocenters. The fourth-order valence-electron chi connectivity index (χ4n) is 4.78. The van der Waals surface area contributed by atoms with E-state index in [1.807, 2.05) is 4.90 Å². The lowest BCUT2D eigenvalue weighted by Crippen LogP contribution is -2.55. The minimum Gasteiger partial charge on any atom is -0.493 e. The zero-order chi connectivity index (χ0) is 24.7. The van der Waals surface area contributed by atoms with E-state index in [1.165, 1.54) is 21.3 Å². The second kappa shape index (κ2) is 12.1. The summed E-state index contributed by atoms with van der Waals surface area (Å²) in [5, 5.41) is 3.07. The van der Waals surface area contributed by atoms with Crippen LogP contribution >= 0.6 is 0 Å². The van der Waals surface area contributed by atoms with Crippen LogP contribution in [-0.4, -0.2) is 94.9 Å². The Morgan fingerprint density at radius 2 is 1.76 bits per heavy atom. The number of carbonyl (C=O) groups excluding carboxylic acids is 2. The number of nitrogen functional groups attached to an aromatic ring is 1. The molecule has 3 rings (SSSR count). The summed E-state index contributed by atoms with van der Waals surface area (Å²) in [6.45, 7) is 4.12. The smallest absolute Gasteiger partial charge is 0.253 e. The molecule has 0 radical (unpaired) electrons. The number of likely N-dealkylation sites (tertiary alicyclic amines) is 2. The van der Waals surface area contributed by atoms with E-state index < -0.39 is 0 Å². The van der Waals surface area contributed by atoms with Gasteiger partial charge in [-0.1, -0.05) is 0 Å². The molecule has 0 aliphatic carbocycles. The van der Waals surface area contributed by atoms with E-state index in [-0.39, 0.29) is 41.0 Å². The molecule has 0 saturated carbocycles. The molecule has 0 bridgehead atoms. The largest absolute Gasteiger partial charge is 0.493 e. The Kier molecular flexibility index (Phi) is 9.23. The topological polar surface area (TPSA) is 116 Å². The Bertz CT molecular complexity index is 858. The Balaban J connectivity index is 1.58. The molecule has 1 aromatic carbocycles. The van der Waals surface area contributed by atoms with Gasteiger partial charge < -0.3 is 39.8 Å². The number of anilines is 1. The van der Waals surface area contributed by atoms with Gasteiger partial charge in [-0.25, -0.2) is 0 Å². The molecule has 2 heterocycles. The van der Waals surface area contributed by atoms with Crippen LogP contribution < -0.4 is 25.3 Å². The van der Waals surface area contributed by atoms with E-state index in [0.29, 0.717) is 24.5 Å². The number of carbonyl (C=O) groups is 2. The van der Waals surface area contributed by atoms with Crippen LogP contribution in [0.15, 0.2) is 6.07 Å². The van der Waals surface area contributed by atoms with Crippen molar-refractivity contribution in [1.82, 2.24) is 15.1 Å². The van der Waals surface area contributed by atoms with Crippen molar-refractivity contribution in [3.8, 4) is 17.2 Å². The van der Waals surface area contributed by atoms with Gasteiger partial charge in [0, 0.05) is 39.7 Å². The molecule has 1 aromatic rings. The number of benzene rings is 1. The number of methoxy groups -OCH3 is 4. The molecule has 3 N–H and O–H groups in total. The quantitative estimate of drug-likeness (QED) is 0.487. The second-order valence-electron chi connectivity index (χ2n) is 8.74. The number of nitrogens with one attached hydrogen (secondary N) is 1. The third-order valence-electron chi connectivity index (χ3n) is 6.70. The van der Waals surface area contributed by atoms with Crippen LogP contribution in [0.2, 0.25) is 0 Å². The van der Waals surface area contributed by atoms with Crippen LogP contribution in [0.1, 0.15) is 42.5 Å². The van der Waals surface area contributed by atoms with Gasteiger partial charge in [0.05, 0.1) is 44.7 Å². The van der Waals surface area contributed by atoms with Crippen molar-refractivity contribution in [3.05, 3.63) is 11.6 Å². The van der Waals surface area contributed by atoms with Crippen LogP contribution in [0.25, 0.3) is 0 Å². The van der Waals surface area contributed by atoms with Crippen LogP contribution in [0.3, 0.4) is 0 Å². The van der Waals surface area contributed by atoms with Gasteiger partial charge >= 0.3 is 0 Å². The first-order valence-electron chi connectivity index (χ1n) is 11.9. The lowest BCUT2D eigenvalue weighted by atomic mass is 10.00. The maximum Gasteiger partial charge on any atom is 0.253 e. The summed E-state index contributed by atoms with van der Waals surface area (Å²) in [6, 6.07) is 1.39. The number of nitrogens with two attached hydrogens (primary N) is 1. The average Bonchev–Trinajstić information content (AvgIpc) is 3.39. The molecule has 2 saturated heterocycles. The summed E-state index contributed by atoms with van der Waals surface area (Å²) in [7, 11) is 6.09. The van der Waals surface area contributed by atoms with Crippen molar-refractivity contribution in [2.75, 3.05) is 66.9 Å². The van der Waals surface area contributed by atoms with Crippen molar-refractivity contribution < 1.29 is 28.5 Å². The summed E-state index contributed by atoms with van der Waals surface area (Å²) in [4.78, 5) is 29.7. The Hall–Kier alpha value is -2.72. The van der Waals surface area contributed by atoms with E-state index in [0.717, 1.165) is 51.9 Å². The van der Waals surface area contributed by atoms with Crippen molar-refractivity contribution in [2.45, 2.75) is 44.2 Å². The molecule has 2 aliphatic rings. The van der Waals surface area contributed by atoms with Gasteiger partial charge in [0.2, 0.25) is 11.7 Å². The summed E-state index contributed by atoms with van der Waals surface area (Å²) in [6.07, 6.45) is 4.19. The average molecular weight is 479 g/mol. The van der Waals surface area contributed by atoms with Crippen molar-refractivity contribution in [3.63, 3.8) is 0 Å². The summed E-state index contributed by atoms with van der Waals surface area (Å²) in [5.74, 6) is 0.888. The Morgan fingerprint density at radius 3 is 2.38 bits per heavy atom. The van der Waals surface area contributed by atoms with E-state index in [9.17, 15) is 9.59 Å². The first-order chi connectivity index (χ1) is 16.4. The van der Waals surface area contributed by atoms with Crippen LogP contribution in [0.4, 0.5) is 5.69 Å². The van der Waals surface area contributed by atoms with Gasteiger partial charge in [-0.3, -0.25) is 9.59 Å². The van der Waals surface area contributed by atoms with Crippen molar-refractivity contribution >= 4 is 17.5 Å². The number of nitrogens with zero attached hydrogens (tertiary/aromatic N) is 2. The maximum atomic E-state index is 13.1. The number of ether oxygens (including phenoxy) is 4. The Morgan fingerprint density at radius 1 is 1.06 bits per heavy atom. The second-order valence-corrected chi connectivity index (χ2v) is 8.74. The predicted octanol–water partition coefficient (Wildman–Crippen LogP) is 1.52. The van der Waals surface area contributed by atoms with Crippen molar-refractivity contribution in [2.24, 2.45) is 0 Å². The molecule has 0 aromatic heterocycles. The van der Waals surface area contributed by atoms with Gasteiger partial charge in [0.25, 0.3) is 5.91 Å². The zero-order valence-corrected chi connectivity index (χ0v) is 20.7. The standard InChI is InChI=1S/C24H38N4O6/c1-31-18-14-16(21(25)23(34-4)22(18)33-3)24(30)26-17-9-13-27(15-19(17)32-2)10-7-8-20(29)28-11-5-6-12-28/h14,17,19H,5-13,15,25H2,1-4H3,(H,26,30)/t17-,19+/m1/s1. The van der Waals surface area contributed by atoms with Crippen LogP contribution in [0, 0.1) is 0 Å². The first kappa shape index (κ1) is 25.9. The number of hydrogen-bond donors (Lipinski definition) is 2. The summed E-state index contributed by atoms with van der Waals surface area (Å²) < 4.78 is 21.8. The van der Waals surface area contributed by atoms with Gasteiger partial charge in [-0.15, -0.1) is 0 Å². The molecule has 2 aliphatic heterocycles. The highest BCUT2D eigenvalue weighted by atomic mass is 16.5. The highest BCUT2D eigenvalue weighted by molar-refractivity contribution is 6.02. The van der Waals surface area contributed by atoms with Crippen LogP contribution in [-0.2, 0) is 9.53 Å². The number of piperidine rings is 1. The predicted molar refractivity (Wildman–Crippen MR) is 129 cm³/mol. The lowest BCUT2D eigenvalue weighted by Gasteiger charge is -2.38. The van der Waals surface area contributed by atoms with Crippen LogP contribution in [0.5, 0.6) is 17.2 Å². The van der Waals surface area contributed by atoms with E-state index in [2.05, 4.69) is 10.2 Å². The lowest BCUT2D eigenvalue weighted by molar-refractivity contribution is -0.130. The highest BCUT2D eigenvalue weighted by Gasteiger charge is 2.32. The van der Waals surface area contributed by atoms with E-state index >= 15 is 0 Å². The summed E-state index contributed by atoms with van der Waals surface area (Å²) in [5.41, 5.74) is 6.67. The monoisotopic (exact) mass is 478 g/mol. The normalized spacial score (nSPS) is 20.8. The zero-order valence-electron chi connectivity index (χ0n) is 20.7. The molecule has 10 heteroatoms. The van der Waals surface area contributed by atoms with Gasteiger partial charge in [0.15, 0.2) is 11.5 Å². The minimum atomic E-state index is -0.325. The molecule has 0 spiro atoms. The van der Waals surface area contributed by atoms with E-state index in [1.54, 1.807) is 13.2 Å². The fourth-order valence-corrected chi connectivity index (χ4v) is 4.78. The van der Waals surface area contributed by atoms with Gasteiger partial charge in [-0.05, 0) is 38.3 Å². The van der Waals surface area contributed by atoms with Gasteiger partial charge in [-0.2, -0.15) is 0 Å². The third kappa shape index (κ3) is 5.85. The van der Waals surface area contributed by atoms with Crippen molar-refractivity contribution in [1.29, 1.82) is 0 Å². The molecule has 10 nitrogen and oxygen atoms in total. The third-order valence-corrected chi connectivity index (χ3v) is 6.70. The molecule has 0 unspecified atom stereocenters. The maximum absolute atomic E-state index is 13.1. The number of hydrogen-bond acceptors (Lipinski definition) is 8.